The molecule has 3 aromatic rings. The van der Waals surface area contributed by atoms with Gasteiger partial charge in [-0.3, -0.25) is 9.59 Å². The number of thioether (sulfide) groups is 1. The Morgan fingerprint density at radius 3 is 2.68 bits per heavy atom. The topological polar surface area (TPSA) is 74.9 Å². The number of hydrazone groups is 1. The van der Waals surface area contributed by atoms with E-state index in [9.17, 15) is 9.59 Å². The third-order valence-electron chi connectivity index (χ3n) is 4.86. The minimum absolute atomic E-state index is 0.0662. The summed E-state index contributed by atoms with van der Waals surface area (Å²) in [6.45, 7) is 2.40. The maximum Gasteiger partial charge on any atom is 0.271 e. The molecule has 6 nitrogen and oxygen atoms in total. The highest BCUT2D eigenvalue weighted by atomic mass is 79.9. The minimum Gasteiger partial charge on any atom is -0.459 e. The van der Waals surface area contributed by atoms with E-state index in [-0.39, 0.29) is 17.2 Å². The molecule has 2 aromatic carbocycles. The van der Waals surface area contributed by atoms with Crippen molar-refractivity contribution in [3.05, 3.63) is 93.3 Å². The summed E-state index contributed by atoms with van der Waals surface area (Å²) >= 11 is 4.96. The zero-order chi connectivity index (χ0) is 21.8. The Morgan fingerprint density at radius 1 is 1.26 bits per heavy atom. The van der Waals surface area contributed by atoms with Crippen LogP contribution in [0.4, 0.5) is 0 Å². The minimum atomic E-state index is -0.318. The lowest BCUT2D eigenvalue weighted by Gasteiger charge is -2.24. The van der Waals surface area contributed by atoms with E-state index in [1.807, 2.05) is 54.3 Å². The Balaban J connectivity index is 1.40. The van der Waals surface area contributed by atoms with E-state index in [1.165, 1.54) is 6.21 Å². The second-order valence-electron chi connectivity index (χ2n) is 7.04. The quantitative estimate of drug-likeness (QED) is 0.388. The molecule has 1 fully saturated rings. The SMILES string of the molecule is Cc1oc(/C=N/NC(=O)c2ccc(C3SCC(=O)N3Cc3ccccc3)cc2)cc1Br. The van der Waals surface area contributed by atoms with Crippen molar-refractivity contribution < 1.29 is 14.0 Å². The molecule has 1 aliphatic rings. The van der Waals surface area contributed by atoms with Gasteiger partial charge in [-0.25, -0.2) is 5.43 Å². The van der Waals surface area contributed by atoms with Gasteiger partial charge in [0.05, 0.1) is 16.4 Å². The average Bonchev–Trinajstić information content (AvgIpc) is 3.30. The zero-order valence-corrected chi connectivity index (χ0v) is 19.2. The van der Waals surface area contributed by atoms with Crippen molar-refractivity contribution in [2.75, 3.05) is 5.75 Å². The number of nitrogens with zero attached hydrogens (tertiary/aromatic N) is 2. The molecule has 0 aliphatic carbocycles. The molecule has 2 heterocycles. The van der Waals surface area contributed by atoms with E-state index in [0.29, 0.717) is 23.6 Å². The Hall–Kier alpha value is -2.84. The van der Waals surface area contributed by atoms with Gasteiger partial charge in [-0.15, -0.1) is 11.8 Å². The van der Waals surface area contributed by atoms with Gasteiger partial charge in [0.2, 0.25) is 5.91 Å². The van der Waals surface area contributed by atoms with Crippen LogP contribution in [0, 0.1) is 6.92 Å². The number of nitrogens with one attached hydrogen (secondary N) is 1. The largest absolute Gasteiger partial charge is 0.459 e. The molecule has 158 valence electrons. The summed E-state index contributed by atoms with van der Waals surface area (Å²) in [5.41, 5.74) is 5.07. The molecule has 31 heavy (non-hydrogen) atoms. The lowest BCUT2D eigenvalue weighted by molar-refractivity contribution is -0.128. The van der Waals surface area contributed by atoms with E-state index in [0.717, 1.165) is 21.4 Å². The molecule has 1 atom stereocenters. The van der Waals surface area contributed by atoms with Crippen LogP contribution in [0.25, 0.3) is 0 Å². The molecule has 1 saturated heterocycles. The normalized spacial score (nSPS) is 16.3. The highest BCUT2D eigenvalue weighted by Crippen LogP contribution is 2.39. The Kier molecular flexibility index (Phi) is 6.58. The fraction of sp³-hybridized carbons (Fsp3) is 0.174. The van der Waals surface area contributed by atoms with Gasteiger partial charge in [0.25, 0.3) is 5.91 Å². The van der Waals surface area contributed by atoms with Gasteiger partial charge < -0.3 is 9.32 Å². The lowest BCUT2D eigenvalue weighted by Crippen LogP contribution is -2.27. The summed E-state index contributed by atoms with van der Waals surface area (Å²) in [6, 6.07) is 19.0. The third-order valence-corrected chi connectivity index (χ3v) is 6.90. The number of carbonyl (C=O) groups is 2. The van der Waals surface area contributed by atoms with E-state index in [1.54, 1.807) is 30.0 Å². The van der Waals surface area contributed by atoms with Crippen LogP contribution in [0.3, 0.4) is 0 Å². The van der Waals surface area contributed by atoms with Crippen LogP contribution < -0.4 is 5.43 Å². The summed E-state index contributed by atoms with van der Waals surface area (Å²) in [4.78, 5) is 26.7. The number of hydrogen-bond donors (Lipinski definition) is 1. The van der Waals surface area contributed by atoms with Crippen molar-refractivity contribution in [2.24, 2.45) is 5.10 Å². The highest BCUT2D eigenvalue weighted by molar-refractivity contribution is 9.10. The summed E-state index contributed by atoms with van der Waals surface area (Å²) in [5, 5.41) is 3.88. The van der Waals surface area contributed by atoms with Crippen LogP contribution in [0.2, 0.25) is 0 Å². The van der Waals surface area contributed by atoms with Gasteiger partial charge in [-0.1, -0.05) is 42.5 Å². The molecule has 1 aliphatic heterocycles. The summed E-state index contributed by atoms with van der Waals surface area (Å²) in [6.07, 6.45) is 1.45. The number of rotatable bonds is 6. The van der Waals surface area contributed by atoms with E-state index >= 15 is 0 Å². The Bertz CT molecular complexity index is 1090. The zero-order valence-electron chi connectivity index (χ0n) is 16.7. The monoisotopic (exact) mass is 497 g/mol. The second-order valence-corrected chi connectivity index (χ2v) is 8.97. The molecular formula is C23H20BrN3O3S. The second kappa shape index (κ2) is 9.53. The number of furan rings is 1. The molecule has 0 bridgehead atoms. The van der Waals surface area contributed by atoms with E-state index in [4.69, 9.17) is 4.42 Å². The predicted octanol–water partition coefficient (Wildman–Crippen LogP) is 4.89. The van der Waals surface area contributed by atoms with Crippen molar-refractivity contribution in [1.29, 1.82) is 0 Å². The molecule has 0 radical (unpaired) electrons. The molecule has 2 amide bonds. The van der Waals surface area contributed by atoms with Gasteiger partial charge in [0.1, 0.15) is 16.9 Å². The first kappa shape index (κ1) is 21.4. The van der Waals surface area contributed by atoms with Crippen molar-refractivity contribution in [1.82, 2.24) is 10.3 Å². The van der Waals surface area contributed by atoms with Crippen LogP contribution in [-0.4, -0.2) is 28.7 Å². The number of aryl methyl sites for hydroxylation is 1. The fourth-order valence-electron chi connectivity index (χ4n) is 3.24. The Morgan fingerprint density at radius 2 is 2.00 bits per heavy atom. The highest BCUT2D eigenvalue weighted by Gasteiger charge is 2.32. The fourth-order valence-corrected chi connectivity index (χ4v) is 4.74. The van der Waals surface area contributed by atoms with Gasteiger partial charge in [-0.05, 0) is 46.1 Å². The lowest BCUT2D eigenvalue weighted by atomic mass is 10.1. The van der Waals surface area contributed by atoms with Crippen LogP contribution in [0.15, 0.2) is 74.7 Å². The number of hydrogen-bond acceptors (Lipinski definition) is 5. The van der Waals surface area contributed by atoms with Crippen LogP contribution in [0.5, 0.6) is 0 Å². The van der Waals surface area contributed by atoms with Gasteiger partial charge in [-0.2, -0.15) is 5.10 Å². The van der Waals surface area contributed by atoms with Crippen LogP contribution >= 0.6 is 27.7 Å². The van der Waals surface area contributed by atoms with Gasteiger partial charge in [0, 0.05) is 18.2 Å². The number of carbonyl (C=O) groups excluding carboxylic acids is 2. The van der Waals surface area contributed by atoms with Crippen molar-refractivity contribution in [2.45, 2.75) is 18.8 Å². The first-order valence-corrected chi connectivity index (χ1v) is 11.5. The summed E-state index contributed by atoms with van der Waals surface area (Å²) < 4.78 is 6.30. The van der Waals surface area contributed by atoms with Crippen molar-refractivity contribution >= 4 is 45.7 Å². The molecule has 4 rings (SSSR count). The molecule has 1 aromatic heterocycles. The van der Waals surface area contributed by atoms with Gasteiger partial charge in [0.15, 0.2) is 0 Å². The average molecular weight is 498 g/mol. The molecule has 8 heteroatoms. The van der Waals surface area contributed by atoms with Crippen LogP contribution in [-0.2, 0) is 11.3 Å². The van der Waals surface area contributed by atoms with E-state index in [2.05, 4.69) is 26.5 Å². The van der Waals surface area contributed by atoms with Gasteiger partial charge >= 0.3 is 0 Å². The molecule has 1 unspecified atom stereocenters. The van der Waals surface area contributed by atoms with Crippen molar-refractivity contribution in [3.63, 3.8) is 0 Å². The third kappa shape index (κ3) is 5.08. The summed E-state index contributed by atoms with van der Waals surface area (Å²) in [5.74, 6) is 1.54. The van der Waals surface area contributed by atoms with Crippen molar-refractivity contribution in [3.8, 4) is 0 Å². The first-order valence-electron chi connectivity index (χ1n) is 9.65. The Labute approximate surface area is 192 Å². The molecule has 1 N–H and O–H groups in total. The smallest absolute Gasteiger partial charge is 0.271 e. The first-order chi connectivity index (χ1) is 15.0. The summed E-state index contributed by atoms with van der Waals surface area (Å²) in [7, 11) is 0. The predicted molar refractivity (Wildman–Crippen MR) is 125 cm³/mol. The van der Waals surface area contributed by atoms with E-state index < -0.39 is 0 Å². The van der Waals surface area contributed by atoms with Crippen LogP contribution in [0.1, 0.15) is 38.4 Å². The maximum absolute atomic E-state index is 12.4. The standard InChI is InChI=1S/C23H20BrN3O3S/c1-15-20(24)11-19(30-15)12-25-26-22(29)17-7-9-18(10-8-17)23-27(21(28)14-31-23)13-16-5-3-2-4-6-16/h2-12,23H,13-14H2,1H3,(H,26,29)/b25-12+. The number of halogens is 1. The molecular weight excluding hydrogens is 478 g/mol. The number of amides is 2. The number of benzene rings is 2. The molecule has 0 saturated carbocycles. The maximum atomic E-state index is 12.4. The molecule has 0 spiro atoms.